The van der Waals surface area contributed by atoms with Crippen LogP contribution in [-0.4, -0.2) is 0 Å². The van der Waals surface area contributed by atoms with Crippen LogP contribution in [0.5, 0.6) is 0 Å². The second-order valence-electron chi connectivity index (χ2n) is 2.65. The molecule has 0 saturated heterocycles. The van der Waals surface area contributed by atoms with Gasteiger partial charge in [-0.2, -0.15) is 0 Å². The average molecular weight is 173 g/mol. The number of alkyl halides is 1. The van der Waals surface area contributed by atoms with Crippen molar-refractivity contribution in [2.45, 2.75) is 19.7 Å². The Kier molecular flexibility index (Phi) is 2.50. The summed E-state index contributed by atoms with van der Waals surface area (Å²) < 4.78 is 13.0. The fourth-order valence-corrected chi connectivity index (χ4v) is 1.12. The topological polar surface area (TPSA) is 0 Å². The third-order valence-electron chi connectivity index (χ3n) is 1.82. The lowest BCUT2D eigenvalue weighted by atomic mass is 10.1. The molecular formula is C9H10ClF. The highest BCUT2D eigenvalue weighted by Gasteiger charge is 2.01. The number of rotatable bonds is 1. The molecule has 0 saturated carbocycles. The molecule has 0 aliphatic rings. The first-order valence-corrected chi connectivity index (χ1v) is 4.00. The Bertz CT molecular complexity index is 245. The molecule has 2 heteroatoms. The van der Waals surface area contributed by atoms with Crippen LogP contribution in [0.1, 0.15) is 16.7 Å². The Morgan fingerprint density at radius 1 is 1.36 bits per heavy atom. The third-order valence-corrected chi connectivity index (χ3v) is 2.13. The molecule has 0 bridgehead atoms. The molecule has 0 spiro atoms. The minimum Gasteiger partial charge on any atom is -0.207 e. The summed E-state index contributed by atoms with van der Waals surface area (Å²) in [4.78, 5) is 0. The van der Waals surface area contributed by atoms with Gasteiger partial charge in [-0.25, -0.2) is 4.39 Å². The predicted molar refractivity (Wildman–Crippen MR) is 45.4 cm³/mol. The van der Waals surface area contributed by atoms with Gasteiger partial charge >= 0.3 is 0 Å². The van der Waals surface area contributed by atoms with E-state index in [0.29, 0.717) is 11.4 Å². The molecule has 1 aromatic carbocycles. The quantitative estimate of drug-likeness (QED) is 0.571. The summed E-state index contributed by atoms with van der Waals surface area (Å²) in [5.41, 5.74) is 2.51. The number of hydrogen-bond acceptors (Lipinski definition) is 0. The van der Waals surface area contributed by atoms with Crippen molar-refractivity contribution in [1.29, 1.82) is 0 Å². The number of benzene rings is 1. The first kappa shape index (κ1) is 8.54. The summed E-state index contributed by atoms with van der Waals surface area (Å²) in [6, 6.07) is 3.39. The first-order chi connectivity index (χ1) is 5.15. The molecule has 1 rings (SSSR count). The van der Waals surface area contributed by atoms with Crippen LogP contribution >= 0.6 is 11.6 Å². The van der Waals surface area contributed by atoms with Crippen molar-refractivity contribution in [3.8, 4) is 0 Å². The number of hydrogen-bond donors (Lipinski definition) is 0. The molecule has 0 aromatic heterocycles. The molecule has 11 heavy (non-hydrogen) atoms. The third kappa shape index (κ3) is 1.72. The van der Waals surface area contributed by atoms with E-state index in [-0.39, 0.29) is 5.82 Å². The SMILES string of the molecule is Cc1cc(CCl)cc(F)c1C. The summed E-state index contributed by atoms with van der Waals surface area (Å²) in [6.07, 6.45) is 0. The van der Waals surface area contributed by atoms with E-state index in [4.69, 9.17) is 11.6 Å². The molecule has 0 aliphatic carbocycles. The van der Waals surface area contributed by atoms with Crippen LogP contribution in [0, 0.1) is 19.7 Å². The van der Waals surface area contributed by atoms with Gasteiger partial charge in [-0.15, -0.1) is 11.6 Å². The van der Waals surface area contributed by atoms with Gasteiger partial charge in [0.25, 0.3) is 0 Å². The Morgan fingerprint density at radius 3 is 2.45 bits per heavy atom. The smallest absolute Gasteiger partial charge is 0.126 e. The summed E-state index contributed by atoms with van der Waals surface area (Å²) in [5.74, 6) is 0.207. The average Bonchev–Trinajstić information content (AvgIpc) is 1.99. The van der Waals surface area contributed by atoms with Gasteiger partial charge in [-0.1, -0.05) is 6.07 Å². The minimum absolute atomic E-state index is 0.166. The molecule has 0 N–H and O–H groups in total. The molecule has 0 aliphatic heterocycles. The fourth-order valence-electron chi connectivity index (χ4n) is 0.965. The van der Waals surface area contributed by atoms with Crippen molar-refractivity contribution in [3.05, 3.63) is 34.6 Å². The summed E-state index contributed by atoms with van der Waals surface area (Å²) in [5, 5.41) is 0. The molecule has 1 aromatic rings. The van der Waals surface area contributed by atoms with E-state index in [1.165, 1.54) is 6.07 Å². The Hall–Kier alpha value is -0.560. The number of halogens is 2. The zero-order valence-corrected chi connectivity index (χ0v) is 7.37. The fraction of sp³-hybridized carbons (Fsp3) is 0.333. The van der Waals surface area contributed by atoms with Gasteiger partial charge in [0.1, 0.15) is 5.82 Å². The number of aryl methyl sites for hydroxylation is 1. The highest BCUT2D eigenvalue weighted by molar-refractivity contribution is 6.17. The van der Waals surface area contributed by atoms with Crippen LogP contribution in [0.2, 0.25) is 0 Å². The predicted octanol–water partition coefficient (Wildman–Crippen LogP) is 3.18. The molecule has 0 radical (unpaired) electrons. The van der Waals surface area contributed by atoms with Gasteiger partial charge < -0.3 is 0 Å². The van der Waals surface area contributed by atoms with Crippen LogP contribution in [0.15, 0.2) is 12.1 Å². The lowest BCUT2D eigenvalue weighted by Crippen LogP contribution is -1.90. The van der Waals surface area contributed by atoms with Gasteiger partial charge in [-0.3, -0.25) is 0 Å². The summed E-state index contributed by atoms with van der Waals surface area (Å²) >= 11 is 5.56. The normalized spacial score (nSPS) is 10.2. The van der Waals surface area contributed by atoms with Gasteiger partial charge in [0.2, 0.25) is 0 Å². The van der Waals surface area contributed by atoms with Gasteiger partial charge in [-0.05, 0) is 36.6 Å². The van der Waals surface area contributed by atoms with Crippen LogP contribution in [0.4, 0.5) is 4.39 Å². The van der Waals surface area contributed by atoms with Crippen molar-refractivity contribution < 1.29 is 4.39 Å². The maximum Gasteiger partial charge on any atom is 0.126 e. The highest BCUT2D eigenvalue weighted by atomic mass is 35.5. The maximum atomic E-state index is 13.0. The zero-order valence-electron chi connectivity index (χ0n) is 6.62. The monoisotopic (exact) mass is 172 g/mol. The largest absolute Gasteiger partial charge is 0.207 e. The van der Waals surface area contributed by atoms with E-state index in [9.17, 15) is 4.39 Å². The molecule has 0 amide bonds. The molecule has 0 unspecified atom stereocenters. The summed E-state index contributed by atoms with van der Waals surface area (Å²) in [6.45, 7) is 3.65. The van der Waals surface area contributed by atoms with Crippen LogP contribution in [0.3, 0.4) is 0 Å². The van der Waals surface area contributed by atoms with Crippen LogP contribution in [-0.2, 0) is 5.88 Å². The lowest BCUT2D eigenvalue weighted by molar-refractivity contribution is 0.615. The molecular weight excluding hydrogens is 163 g/mol. The second-order valence-corrected chi connectivity index (χ2v) is 2.92. The van der Waals surface area contributed by atoms with Crippen molar-refractivity contribution >= 4 is 11.6 Å². The zero-order chi connectivity index (χ0) is 8.43. The lowest BCUT2D eigenvalue weighted by Gasteiger charge is -2.03. The van der Waals surface area contributed by atoms with Crippen molar-refractivity contribution in [2.24, 2.45) is 0 Å². The van der Waals surface area contributed by atoms with Crippen LogP contribution < -0.4 is 0 Å². The molecule has 0 heterocycles. The van der Waals surface area contributed by atoms with E-state index in [0.717, 1.165) is 11.1 Å². The molecule has 0 fully saturated rings. The minimum atomic E-state index is -0.166. The van der Waals surface area contributed by atoms with Gasteiger partial charge in [0.05, 0.1) is 0 Å². The van der Waals surface area contributed by atoms with E-state index >= 15 is 0 Å². The Labute approximate surface area is 71.0 Å². The van der Waals surface area contributed by atoms with E-state index in [1.807, 2.05) is 13.0 Å². The first-order valence-electron chi connectivity index (χ1n) is 3.46. The summed E-state index contributed by atoms with van der Waals surface area (Å²) in [7, 11) is 0. The van der Waals surface area contributed by atoms with Crippen molar-refractivity contribution in [1.82, 2.24) is 0 Å². The van der Waals surface area contributed by atoms with Crippen molar-refractivity contribution in [2.75, 3.05) is 0 Å². The van der Waals surface area contributed by atoms with E-state index in [2.05, 4.69) is 0 Å². The Morgan fingerprint density at radius 2 is 2.00 bits per heavy atom. The van der Waals surface area contributed by atoms with Gasteiger partial charge in [0, 0.05) is 5.88 Å². The second kappa shape index (κ2) is 3.22. The van der Waals surface area contributed by atoms with E-state index < -0.39 is 0 Å². The molecule has 0 nitrogen and oxygen atoms in total. The standard InChI is InChI=1S/C9H10ClF/c1-6-3-8(5-10)4-9(11)7(6)2/h3-4H,5H2,1-2H3. The van der Waals surface area contributed by atoms with Gasteiger partial charge in [0.15, 0.2) is 0 Å². The Balaban J connectivity index is 3.21. The molecule has 0 atom stereocenters. The van der Waals surface area contributed by atoms with Crippen LogP contribution in [0.25, 0.3) is 0 Å². The molecule has 60 valence electrons. The van der Waals surface area contributed by atoms with Crippen molar-refractivity contribution in [3.63, 3.8) is 0 Å². The van der Waals surface area contributed by atoms with E-state index in [1.54, 1.807) is 6.92 Å². The maximum absolute atomic E-state index is 13.0. The highest BCUT2D eigenvalue weighted by Crippen LogP contribution is 2.15.